The maximum Gasteiger partial charge on any atom is 0.416 e. The highest BCUT2D eigenvalue weighted by Gasteiger charge is 2.34. The Morgan fingerprint density at radius 1 is 1.39 bits per heavy atom. The molecule has 1 aromatic rings. The maximum atomic E-state index is 12.7. The first-order valence-electron chi connectivity index (χ1n) is 4.70. The number of carbonyl (C=O) groups is 1. The lowest BCUT2D eigenvalue weighted by atomic mass is 9.97. The fraction of sp³-hybridized carbons (Fsp3) is 0.273. The third-order valence-electron chi connectivity index (χ3n) is 2.24. The number of carboxylic acids is 1. The smallest absolute Gasteiger partial charge is 0.416 e. The molecule has 96 valence electrons. The summed E-state index contributed by atoms with van der Waals surface area (Å²) in [6, 6.07) is 3.21. The number of rotatable bonds is 3. The average molecular weight is 278 g/mol. The minimum Gasteiger partial charge on any atom is -0.481 e. The summed E-state index contributed by atoms with van der Waals surface area (Å²) in [4.78, 5) is 10.6. The number of benzene rings is 1. The molecule has 0 aliphatic rings. The summed E-state index contributed by atoms with van der Waals surface area (Å²) in [6.45, 7) is 0. The van der Waals surface area contributed by atoms with E-state index in [-0.39, 0.29) is 16.7 Å². The van der Waals surface area contributed by atoms with Crippen LogP contribution in [0.3, 0.4) is 0 Å². The Bertz CT molecular complexity index is 520. The van der Waals surface area contributed by atoms with Crippen LogP contribution in [0.4, 0.5) is 13.2 Å². The van der Waals surface area contributed by atoms with Gasteiger partial charge >= 0.3 is 12.1 Å². The lowest BCUT2D eigenvalue weighted by Crippen LogP contribution is -2.11. The van der Waals surface area contributed by atoms with Gasteiger partial charge in [-0.2, -0.15) is 18.4 Å². The van der Waals surface area contributed by atoms with Gasteiger partial charge in [0.1, 0.15) is 0 Å². The van der Waals surface area contributed by atoms with Gasteiger partial charge in [-0.3, -0.25) is 4.79 Å². The second-order valence-corrected chi connectivity index (χ2v) is 3.75. The van der Waals surface area contributed by atoms with Crippen molar-refractivity contribution in [3.63, 3.8) is 0 Å². The summed E-state index contributed by atoms with van der Waals surface area (Å²) < 4.78 is 38.0. The van der Waals surface area contributed by atoms with Crippen molar-refractivity contribution in [3.8, 4) is 6.07 Å². The predicted octanol–water partition coefficient (Wildman–Crippen LogP) is 2.94. The van der Waals surface area contributed by atoms with Crippen LogP contribution in [-0.4, -0.2) is 11.1 Å². The Morgan fingerprint density at radius 2 is 2.00 bits per heavy atom. The number of aliphatic carboxylic acids is 1. The first-order valence-corrected chi connectivity index (χ1v) is 5.24. The van der Waals surface area contributed by atoms with Gasteiger partial charge in [-0.15, -0.1) is 11.6 Å². The van der Waals surface area contributed by atoms with E-state index in [0.717, 1.165) is 6.07 Å². The third kappa shape index (κ3) is 3.14. The lowest BCUT2D eigenvalue weighted by Gasteiger charge is -2.13. The topological polar surface area (TPSA) is 61.1 Å². The summed E-state index contributed by atoms with van der Waals surface area (Å²) in [5.41, 5.74) is -1.53. The molecule has 7 heteroatoms. The molecule has 1 N–H and O–H groups in total. The van der Waals surface area contributed by atoms with E-state index in [1.165, 1.54) is 0 Å². The van der Waals surface area contributed by atoms with Crippen molar-refractivity contribution in [3.05, 3.63) is 34.4 Å². The number of alkyl halides is 4. The average Bonchev–Trinajstić information content (AvgIpc) is 2.26. The molecule has 0 fully saturated rings. The molecule has 0 bridgehead atoms. The minimum absolute atomic E-state index is 0.0219. The highest BCUT2D eigenvalue weighted by molar-refractivity contribution is 6.17. The standard InChI is InChI=1S/C11H7ClF3NO2/c12-4-7-1-6(3-10(17)18)8(5-16)2-9(7)11(13,14)15/h1-2H,3-4H2,(H,17,18). The van der Waals surface area contributed by atoms with Gasteiger partial charge in [0, 0.05) is 5.88 Å². The van der Waals surface area contributed by atoms with Crippen LogP contribution in [0, 0.1) is 11.3 Å². The maximum absolute atomic E-state index is 12.7. The number of carboxylic acid groups (broad SMARTS) is 1. The summed E-state index contributed by atoms with van der Waals surface area (Å²) in [6.07, 6.45) is -5.15. The quantitative estimate of drug-likeness (QED) is 0.864. The third-order valence-corrected chi connectivity index (χ3v) is 2.53. The largest absolute Gasteiger partial charge is 0.481 e. The van der Waals surface area contributed by atoms with Crippen LogP contribution in [0.15, 0.2) is 12.1 Å². The second kappa shape index (κ2) is 5.27. The van der Waals surface area contributed by atoms with Gasteiger partial charge in [-0.05, 0) is 17.2 Å². The van der Waals surface area contributed by atoms with E-state index in [4.69, 9.17) is 22.0 Å². The molecule has 0 amide bonds. The van der Waals surface area contributed by atoms with Crippen molar-refractivity contribution in [1.82, 2.24) is 0 Å². The van der Waals surface area contributed by atoms with Crippen molar-refractivity contribution in [2.45, 2.75) is 18.5 Å². The first kappa shape index (κ1) is 14.3. The molecule has 0 aliphatic carbocycles. The fourth-order valence-electron chi connectivity index (χ4n) is 1.48. The molecule has 0 saturated carbocycles. The minimum atomic E-state index is -4.63. The molecule has 0 heterocycles. The van der Waals surface area contributed by atoms with Crippen LogP contribution in [0.5, 0.6) is 0 Å². The number of nitriles is 1. The van der Waals surface area contributed by atoms with Crippen LogP contribution in [0.2, 0.25) is 0 Å². The van der Waals surface area contributed by atoms with E-state index in [1.54, 1.807) is 6.07 Å². The highest BCUT2D eigenvalue weighted by atomic mass is 35.5. The van der Waals surface area contributed by atoms with Gasteiger partial charge in [-0.25, -0.2) is 0 Å². The van der Waals surface area contributed by atoms with E-state index < -0.39 is 30.0 Å². The molecular formula is C11H7ClF3NO2. The van der Waals surface area contributed by atoms with E-state index in [1.807, 2.05) is 0 Å². The highest BCUT2D eigenvalue weighted by Crippen LogP contribution is 2.34. The molecule has 0 aromatic heterocycles. The number of hydrogen-bond acceptors (Lipinski definition) is 2. The van der Waals surface area contributed by atoms with Crippen LogP contribution >= 0.6 is 11.6 Å². The zero-order chi connectivity index (χ0) is 13.9. The molecule has 0 radical (unpaired) electrons. The van der Waals surface area contributed by atoms with Crippen LogP contribution in [0.25, 0.3) is 0 Å². The van der Waals surface area contributed by atoms with Crippen molar-refractivity contribution in [2.24, 2.45) is 0 Å². The molecule has 1 rings (SSSR count). The molecule has 3 nitrogen and oxygen atoms in total. The summed E-state index contributed by atoms with van der Waals surface area (Å²) in [7, 11) is 0. The lowest BCUT2D eigenvalue weighted by molar-refractivity contribution is -0.138. The summed E-state index contributed by atoms with van der Waals surface area (Å²) in [5, 5.41) is 17.4. The Morgan fingerprint density at radius 3 is 2.39 bits per heavy atom. The number of hydrogen-bond donors (Lipinski definition) is 1. The molecule has 0 aliphatic heterocycles. The van der Waals surface area contributed by atoms with Gasteiger partial charge in [0.25, 0.3) is 0 Å². The monoisotopic (exact) mass is 277 g/mol. The molecule has 0 spiro atoms. The Labute approximate surface area is 105 Å². The Kier molecular flexibility index (Phi) is 4.19. The molecule has 18 heavy (non-hydrogen) atoms. The normalized spacial score (nSPS) is 11.1. The number of halogens is 4. The van der Waals surface area contributed by atoms with Crippen LogP contribution in [-0.2, 0) is 23.3 Å². The van der Waals surface area contributed by atoms with Crippen molar-refractivity contribution in [1.29, 1.82) is 5.26 Å². The first-order chi connectivity index (χ1) is 8.29. The second-order valence-electron chi connectivity index (χ2n) is 3.48. The van der Waals surface area contributed by atoms with Gasteiger partial charge < -0.3 is 5.11 Å². The zero-order valence-corrected chi connectivity index (χ0v) is 9.64. The zero-order valence-electron chi connectivity index (χ0n) is 8.88. The molecule has 0 unspecified atom stereocenters. The van der Waals surface area contributed by atoms with Crippen molar-refractivity contribution >= 4 is 17.6 Å². The van der Waals surface area contributed by atoms with Gasteiger partial charge in [0.05, 0.1) is 23.6 Å². The molecule has 0 saturated heterocycles. The van der Waals surface area contributed by atoms with Crippen molar-refractivity contribution in [2.75, 3.05) is 0 Å². The van der Waals surface area contributed by atoms with Gasteiger partial charge in [0.2, 0.25) is 0 Å². The molecular weight excluding hydrogens is 271 g/mol. The molecule has 0 atom stereocenters. The predicted molar refractivity (Wildman–Crippen MR) is 57.1 cm³/mol. The van der Waals surface area contributed by atoms with E-state index in [0.29, 0.717) is 6.07 Å². The van der Waals surface area contributed by atoms with E-state index in [2.05, 4.69) is 0 Å². The van der Waals surface area contributed by atoms with Crippen LogP contribution < -0.4 is 0 Å². The van der Waals surface area contributed by atoms with Gasteiger partial charge in [0.15, 0.2) is 0 Å². The number of nitrogens with zero attached hydrogens (tertiary/aromatic N) is 1. The van der Waals surface area contributed by atoms with E-state index in [9.17, 15) is 18.0 Å². The molecule has 1 aromatic carbocycles. The summed E-state index contributed by atoms with van der Waals surface area (Å²) >= 11 is 5.41. The van der Waals surface area contributed by atoms with E-state index >= 15 is 0 Å². The fourth-order valence-corrected chi connectivity index (χ4v) is 1.70. The van der Waals surface area contributed by atoms with Crippen LogP contribution in [0.1, 0.15) is 22.3 Å². The SMILES string of the molecule is N#Cc1cc(C(F)(F)F)c(CCl)cc1CC(=O)O. The van der Waals surface area contributed by atoms with Gasteiger partial charge in [-0.1, -0.05) is 6.07 Å². The summed E-state index contributed by atoms with van der Waals surface area (Å²) in [5.74, 6) is -1.64. The Hall–Kier alpha value is -1.74. The van der Waals surface area contributed by atoms with Crippen molar-refractivity contribution < 1.29 is 23.1 Å². The Balaban J connectivity index is 3.43.